The van der Waals surface area contributed by atoms with Crippen molar-refractivity contribution in [2.75, 3.05) is 18.5 Å². The Hall–Kier alpha value is -4.05. The average molecular weight is 474 g/mol. The maximum atomic E-state index is 14.1. The maximum absolute atomic E-state index is 14.1. The molecule has 1 atom stereocenters. The van der Waals surface area contributed by atoms with E-state index in [9.17, 15) is 9.18 Å². The summed E-state index contributed by atoms with van der Waals surface area (Å²) in [6.07, 6.45) is 3.00. The predicted octanol–water partition coefficient (Wildman–Crippen LogP) is 4.12. The molecule has 1 fully saturated rings. The maximum Gasteiger partial charge on any atom is 0.328 e. The number of aromatic nitrogens is 6. The molecule has 9 nitrogen and oxygen atoms in total. The van der Waals surface area contributed by atoms with E-state index in [0.717, 1.165) is 5.56 Å². The van der Waals surface area contributed by atoms with Crippen LogP contribution in [0.4, 0.5) is 10.2 Å². The summed E-state index contributed by atoms with van der Waals surface area (Å²) in [7, 11) is 0. The van der Waals surface area contributed by atoms with Crippen LogP contribution in [-0.4, -0.2) is 42.3 Å². The molecule has 0 radical (unpaired) electrons. The Morgan fingerprint density at radius 1 is 1.14 bits per heavy atom. The van der Waals surface area contributed by atoms with Gasteiger partial charge in [-0.15, -0.1) is 0 Å². The average Bonchev–Trinajstić information content (AvgIpc) is 3.45. The van der Waals surface area contributed by atoms with E-state index >= 15 is 0 Å². The molecule has 0 amide bonds. The highest BCUT2D eigenvalue weighted by Gasteiger charge is 2.25. The first kappa shape index (κ1) is 21.5. The summed E-state index contributed by atoms with van der Waals surface area (Å²) in [4.78, 5) is 30.0. The monoisotopic (exact) mass is 473 g/mol. The van der Waals surface area contributed by atoms with E-state index in [1.54, 1.807) is 21.5 Å². The van der Waals surface area contributed by atoms with Crippen molar-refractivity contribution in [3.8, 4) is 5.95 Å². The molecule has 0 spiro atoms. The highest BCUT2D eigenvalue weighted by atomic mass is 19.1. The number of imidazole rings is 2. The minimum atomic E-state index is -0.378. The summed E-state index contributed by atoms with van der Waals surface area (Å²) in [5.41, 5.74) is 3.02. The number of ether oxygens (including phenoxy) is 1. The Balaban J connectivity index is 1.54. The molecule has 2 aromatic carbocycles. The van der Waals surface area contributed by atoms with Gasteiger partial charge in [-0.25, -0.2) is 14.2 Å². The summed E-state index contributed by atoms with van der Waals surface area (Å²) in [6, 6.07) is 14.2. The van der Waals surface area contributed by atoms with Crippen LogP contribution in [0.15, 0.2) is 59.7 Å². The van der Waals surface area contributed by atoms with Crippen molar-refractivity contribution in [3.05, 3.63) is 76.7 Å². The smallest absolute Gasteiger partial charge is 0.328 e. The zero-order valence-corrected chi connectivity index (χ0v) is 19.1. The number of nitrogens with zero attached hydrogens (tertiary/aromatic N) is 5. The lowest BCUT2D eigenvalue weighted by atomic mass is 10.1. The van der Waals surface area contributed by atoms with Gasteiger partial charge in [0.15, 0.2) is 11.5 Å². The second-order valence-electron chi connectivity index (χ2n) is 8.74. The molecule has 10 heteroatoms. The van der Waals surface area contributed by atoms with E-state index in [1.807, 2.05) is 37.3 Å². The van der Waals surface area contributed by atoms with E-state index < -0.39 is 0 Å². The van der Waals surface area contributed by atoms with Crippen molar-refractivity contribution in [1.29, 1.82) is 0 Å². The number of rotatable bonds is 5. The predicted molar refractivity (Wildman–Crippen MR) is 130 cm³/mol. The normalized spacial score (nSPS) is 15.6. The van der Waals surface area contributed by atoms with Crippen LogP contribution < -0.4 is 11.0 Å². The van der Waals surface area contributed by atoms with Crippen molar-refractivity contribution in [2.24, 2.45) is 0 Å². The van der Waals surface area contributed by atoms with Crippen molar-refractivity contribution >= 4 is 28.0 Å². The molecular formula is C25H24FN7O2. The number of anilines is 1. The van der Waals surface area contributed by atoms with Gasteiger partial charge in [0.25, 0.3) is 0 Å². The molecule has 3 aromatic heterocycles. The minimum Gasteiger partial charge on any atom is -0.381 e. The molecule has 0 unspecified atom stereocenters. The highest BCUT2D eigenvalue weighted by Crippen LogP contribution is 2.29. The molecule has 1 aliphatic rings. The lowest BCUT2D eigenvalue weighted by Gasteiger charge is -2.23. The van der Waals surface area contributed by atoms with Gasteiger partial charge in [0.1, 0.15) is 17.7 Å². The second-order valence-corrected chi connectivity index (χ2v) is 8.74. The van der Waals surface area contributed by atoms with Crippen LogP contribution in [0, 0.1) is 5.82 Å². The SMILES string of the molecule is C[C@H](Nc1nc(-n2cnc3ccc(F)cc32)nc2c1[nH]c(=O)n2C1CCOCC1)c1ccccc1. The van der Waals surface area contributed by atoms with Crippen LogP contribution in [0.2, 0.25) is 0 Å². The third-order valence-electron chi connectivity index (χ3n) is 6.49. The Morgan fingerprint density at radius 2 is 1.94 bits per heavy atom. The largest absolute Gasteiger partial charge is 0.381 e. The Morgan fingerprint density at radius 3 is 2.74 bits per heavy atom. The number of fused-ring (bicyclic) bond motifs is 2. The summed E-state index contributed by atoms with van der Waals surface area (Å²) >= 11 is 0. The molecule has 5 aromatic rings. The molecule has 2 N–H and O–H groups in total. The fourth-order valence-electron chi connectivity index (χ4n) is 4.65. The molecule has 0 saturated carbocycles. The third-order valence-corrected chi connectivity index (χ3v) is 6.49. The van der Waals surface area contributed by atoms with Crippen molar-refractivity contribution in [1.82, 2.24) is 29.1 Å². The van der Waals surface area contributed by atoms with Crippen LogP contribution >= 0.6 is 0 Å². The number of benzene rings is 2. The van der Waals surface area contributed by atoms with Crippen molar-refractivity contribution < 1.29 is 9.13 Å². The van der Waals surface area contributed by atoms with Crippen LogP contribution in [0.25, 0.3) is 28.1 Å². The van der Waals surface area contributed by atoms with Gasteiger partial charge in [-0.1, -0.05) is 30.3 Å². The number of halogens is 1. The van der Waals surface area contributed by atoms with Gasteiger partial charge < -0.3 is 15.0 Å². The first-order valence-electron chi connectivity index (χ1n) is 11.6. The van der Waals surface area contributed by atoms with Crippen LogP contribution in [0.3, 0.4) is 0 Å². The zero-order chi connectivity index (χ0) is 23.9. The molecule has 6 rings (SSSR count). The number of H-pyrrole nitrogens is 1. The molecular weight excluding hydrogens is 449 g/mol. The number of aromatic amines is 1. The first-order chi connectivity index (χ1) is 17.1. The van der Waals surface area contributed by atoms with E-state index in [1.165, 1.54) is 12.1 Å². The van der Waals surface area contributed by atoms with E-state index in [0.29, 0.717) is 60.0 Å². The van der Waals surface area contributed by atoms with E-state index in [2.05, 4.69) is 15.3 Å². The zero-order valence-electron chi connectivity index (χ0n) is 19.1. The Bertz CT molecular complexity index is 1570. The van der Waals surface area contributed by atoms with Gasteiger partial charge in [0.05, 0.1) is 17.1 Å². The minimum absolute atomic E-state index is 0.0378. The molecule has 4 heterocycles. The Kier molecular flexibility index (Phi) is 5.29. The van der Waals surface area contributed by atoms with Crippen LogP contribution in [0.1, 0.15) is 37.4 Å². The van der Waals surface area contributed by atoms with Crippen molar-refractivity contribution in [2.45, 2.75) is 31.8 Å². The van der Waals surface area contributed by atoms with Crippen molar-refractivity contribution in [3.63, 3.8) is 0 Å². The number of nitrogens with one attached hydrogen (secondary N) is 2. The quantitative estimate of drug-likeness (QED) is 0.398. The first-order valence-corrected chi connectivity index (χ1v) is 11.6. The molecule has 0 aliphatic carbocycles. The highest BCUT2D eigenvalue weighted by molar-refractivity contribution is 5.85. The van der Waals surface area contributed by atoms with Gasteiger partial charge >= 0.3 is 5.69 Å². The Labute approximate surface area is 199 Å². The molecule has 1 aliphatic heterocycles. The van der Waals surface area contributed by atoms with Gasteiger partial charge in [0.2, 0.25) is 5.95 Å². The van der Waals surface area contributed by atoms with Crippen LogP contribution in [0.5, 0.6) is 0 Å². The third kappa shape index (κ3) is 3.85. The van der Waals surface area contributed by atoms with Crippen LogP contribution in [-0.2, 0) is 4.74 Å². The summed E-state index contributed by atoms with van der Waals surface area (Å²) in [6.45, 7) is 3.20. The van der Waals surface area contributed by atoms with Gasteiger partial charge in [-0.3, -0.25) is 9.13 Å². The number of hydrogen-bond donors (Lipinski definition) is 2. The molecule has 0 bridgehead atoms. The standard InChI is InChI=1S/C25H24FN7O2/c1-15(16-5-3-2-4-6-16)28-22-21-23(33(25(34)29-21)18-9-11-35-12-10-18)31-24(30-22)32-14-27-19-8-7-17(26)13-20(19)32/h2-8,13-15,18H,9-12H2,1H3,(H,29,34)(H,28,30,31)/t15-/m0/s1. The molecule has 178 valence electrons. The van der Waals surface area contributed by atoms with Gasteiger partial charge in [-0.05, 0) is 37.5 Å². The van der Waals surface area contributed by atoms with Gasteiger partial charge in [0, 0.05) is 25.3 Å². The second kappa shape index (κ2) is 8.62. The lowest BCUT2D eigenvalue weighted by molar-refractivity contribution is 0.0697. The summed E-state index contributed by atoms with van der Waals surface area (Å²) in [5, 5.41) is 3.44. The fourth-order valence-corrected chi connectivity index (χ4v) is 4.65. The molecule has 35 heavy (non-hydrogen) atoms. The van der Waals surface area contributed by atoms with E-state index in [-0.39, 0.29) is 23.6 Å². The van der Waals surface area contributed by atoms with Gasteiger partial charge in [-0.2, -0.15) is 9.97 Å². The summed E-state index contributed by atoms with van der Waals surface area (Å²) in [5.74, 6) is 0.410. The number of hydrogen-bond acceptors (Lipinski definition) is 6. The summed E-state index contributed by atoms with van der Waals surface area (Å²) < 4.78 is 22.9. The lowest BCUT2D eigenvalue weighted by Crippen LogP contribution is -2.27. The van der Waals surface area contributed by atoms with E-state index in [4.69, 9.17) is 14.7 Å². The fraction of sp³-hybridized carbons (Fsp3) is 0.280. The molecule has 1 saturated heterocycles. The topological polar surface area (TPSA) is 103 Å².